The van der Waals surface area contributed by atoms with Crippen LogP contribution >= 0.6 is 0 Å². The Labute approximate surface area is 107 Å². The number of nitrogens with one attached hydrogen (secondary N) is 1. The van der Waals surface area contributed by atoms with E-state index in [4.69, 9.17) is 0 Å². The van der Waals surface area contributed by atoms with Crippen LogP contribution in [0.25, 0.3) is 0 Å². The van der Waals surface area contributed by atoms with E-state index in [2.05, 4.69) is 9.82 Å². The fourth-order valence-corrected chi connectivity index (χ4v) is 3.13. The van der Waals surface area contributed by atoms with Gasteiger partial charge >= 0.3 is 0 Å². The van der Waals surface area contributed by atoms with E-state index in [-0.39, 0.29) is 10.8 Å². The van der Waals surface area contributed by atoms with E-state index >= 15 is 0 Å². The lowest BCUT2D eigenvalue weighted by atomic mass is 10.1. The van der Waals surface area contributed by atoms with Crippen LogP contribution < -0.4 is 4.72 Å². The van der Waals surface area contributed by atoms with E-state index in [9.17, 15) is 13.2 Å². The molecule has 1 amide bonds. The average Bonchev–Trinajstić information content (AvgIpc) is 2.51. The van der Waals surface area contributed by atoms with E-state index in [0.29, 0.717) is 17.8 Å². The molecular weight excluding hydrogens is 254 g/mol. The highest BCUT2D eigenvalue weighted by Crippen LogP contribution is 2.18. The first-order valence-corrected chi connectivity index (χ1v) is 7.25. The summed E-state index contributed by atoms with van der Waals surface area (Å²) < 4.78 is 27.8. The van der Waals surface area contributed by atoms with Crippen LogP contribution in [0.15, 0.2) is 4.90 Å². The Morgan fingerprint density at radius 2 is 2.00 bits per heavy atom. The predicted molar refractivity (Wildman–Crippen MR) is 67.5 cm³/mol. The number of rotatable bonds is 4. The van der Waals surface area contributed by atoms with Crippen molar-refractivity contribution in [1.82, 2.24) is 14.5 Å². The highest BCUT2D eigenvalue weighted by Gasteiger charge is 2.26. The van der Waals surface area contributed by atoms with E-state index in [1.165, 1.54) is 4.68 Å². The number of aromatic nitrogens is 2. The van der Waals surface area contributed by atoms with E-state index in [0.717, 1.165) is 0 Å². The van der Waals surface area contributed by atoms with Gasteiger partial charge in [0.15, 0.2) is 0 Å². The standard InChI is InChI=1S/C11H19N3O3S/c1-6-7(2)11(15)13-18(16,17)10-8(3)12-14(5)9(10)4/h7H,6H2,1-5H3,(H,13,15)/t7-/m1/s1. The Hall–Kier alpha value is -1.37. The van der Waals surface area contributed by atoms with Crippen molar-refractivity contribution in [2.24, 2.45) is 13.0 Å². The van der Waals surface area contributed by atoms with Gasteiger partial charge in [-0.3, -0.25) is 9.48 Å². The first kappa shape index (κ1) is 14.7. The van der Waals surface area contributed by atoms with Crippen molar-refractivity contribution >= 4 is 15.9 Å². The van der Waals surface area contributed by atoms with Gasteiger partial charge in [0.25, 0.3) is 10.0 Å². The van der Waals surface area contributed by atoms with Crippen LogP contribution in [0.3, 0.4) is 0 Å². The van der Waals surface area contributed by atoms with E-state index in [1.54, 1.807) is 27.8 Å². The second-order valence-electron chi connectivity index (χ2n) is 4.40. The smallest absolute Gasteiger partial charge is 0.267 e. The van der Waals surface area contributed by atoms with Gasteiger partial charge in [0, 0.05) is 13.0 Å². The van der Waals surface area contributed by atoms with Gasteiger partial charge in [0.1, 0.15) is 4.90 Å². The number of carbonyl (C=O) groups excluding carboxylic acids is 1. The van der Waals surface area contributed by atoms with Crippen LogP contribution in [-0.4, -0.2) is 24.1 Å². The van der Waals surface area contributed by atoms with Crippen molar-refractivity contribution in [2.45, 2.75) is 39.0 Å². The van der Waals surface area contributed by atoms with Gasteiger partial charge in [-0.2, -0.15) is 5.10 Å². The Balaban J connectivity index is 3.12. The zero-order valence-electron chi connectivity index (χ0n) is 11.3. The summed E-state index contributed by atoms with van der Waals surface area (Å²) in [5, 5.41) is 4.04. The SMILES string of the molecule is CC[C@@H](C)C(=O)NS(=O)(=O)c1c(C)nn(C)c1C. The molecule has 102 valence electrons. The minimum atomic E-state index is -3.84. The summed E-state index contributed by atoms with van der Waals surface area (Å²) in [6.45, 7) is 6.78. The zero-order chi connectivity index (χ0) is 14.1. The van der Waals surface area contributed by atoms with Crippen molar-refractivity contribution in [3.05, 3.63) is 11.4 Å². The lowest BCUT2D eigenvalue weighted by molar-refractivity contribution is -0.122. The topological polar surface area (TPSA) is 81.1 Å². The van der Waals surface area contributed by atoms with Crippen LogP contribution in [0.2, 0.25) is 0 Å². The molecule has 0 spiro atoms. The minimum Gasteiger partial charge on any atom is -0.274 e. The fourth-order valence-electron chi connectivity index (χ4n) is 1.61. The highest BCUT2D eigenvalue weighted by molar-refractivity contribution is 7.90. The molecule has 1 atom stereocenters. The van der Waals surface area contributed by atoms with Crippen molar-refractivity contribution in [3.8, 4) is 0 Å². The molecule has 1 heterocycles. The molecule has 0 aliphatic heterocycles. The maximum Gasteiger partial charge on any atom is 0.267 e. The third kappa shape index (κ3) is 2.72. The summed E-state index contributed by atoms with van der Waals surface area (Å²) in [4.78, 5) is 11.8. The Kier molecular flexibility index (Phi) is 4.16. The van der Waals surface area contributed by atoms with Crippen LogP contribution in [0.4, 0.5) is 0 Å². The summed E-state index contributed by atoms with van der Waals surface area (Å²) >= 11 is 0. The molecule has 1 rings (SSSR count). The predicted octanol–water partition coefficient (Wildman–Crippen LogP) is 0.888. The van der Waals surface area contributed by atoms with Crippen LogP contribution in [0.1, 0.15) is 31.7 Å². The van der Waals surface area contributed by atoms with Gasteiger partial charge < -0.3 is 0 Å². The molecule has 0 aliphatic carbocycles. The second kappa shape index (κ2) is 5.09. The van der Waals surface area contributed by atoms with E-state index < -0.39 is 15.9 Å². The Bertz CT molecular complexity index is 560. The molecule has 7 heteroatoms. The number of amides is 1. The number of hydrogen-bond donors (Lipinski definition) is 1. The number of hydrogen-bond acceptors (Lipinski definition) is 4. The monoisotopic (exact) mass is 273 g/mol. The molecule has 0 radical (unpaired) electrons. The molecule has 0 bridgehead atoms. The maximum atomic E-state index is 12.1. The Morgan fingerprint density at radius 3 is 2.39 bits per heavy atom. The van der Waals surface area contributed by atoms with Gasteiger partial charge in [-0.15, -0.1) is 0 Å². The molecule has 0 saturated heterocycles. The molecule has 0 aromatic carbocycles. The third-order valence-corrected chi connectivity index (χ3v) is 4.60. The number of nitrogens with zero attached hydrogens (tertiary/aromatic N) is 2. The summed E-state index contributed by atoms with van der Waals surface area (Å²) in [6, 6.07) is 0. The van der Waals surface area contributed by atoms with Crippen molar-refractivity contribution in [3.63, 3.8) is 0 Å². The lowest BCUT2D eigenvalue weighted by Gasteiger charge is -2.10. The van der Waals surface area contributed by atoms with Gasteiger partial charge in [0.2, 0.25) is 5.91 Å². The molecule has 1 N–H and O–H groups in total. The van der Waals surface area contributed by atoms with Crippen molar-refractivity contribution in [2.75, 3.05) is 0 Å². The molecule has 6 nitrogen and oxygen atoms in total. The average molecular weight is 273 g/mol. The number of sulfonamides is 1. The largest absolute Gasteiger partial charge is 0.274 e. The van der Waals surface area contributed by atoms with Crippen molar-refractivity contribution in [1.29, 1.82) is 0 Å². The van der Waals surface area contributed by atoms with Gasteiger partial charge in [0.05, 0.1) is 11.4 Å². The molecule has 0 saturated carbocycles. The van der Waals surface area contributed by atoms with Gasteiger partial charge in [-0.25, -0.2) is 13.1 Å². The second-order valence-corrected chi connectivity index (χ2v) is 6.02. The quantitative estimate of drug-likeness (QED) is 0.883. The molecule has 1 aromatic heterocycles. The highest BCUT2D eigenvalue weighted by atomic mass is 32.2. The molecule has 0 unspecified atom stereocenters. The Morgan fingerprint density at radius 1 is 1.44 bits per heavy atom. The molecular formula is C11H19N3O3S. The lowest BCUT2D eigenvalue weighted by Crippen LogP contribution is -2.35. The first-order chi connectivity index (χ1) is 8.20. The third-order valence-electron chi connectivity index (χ3n) is 3.01. The summed E-state index contributed by atoms with van der Waals surface area (Å²) in [7, 11) is -2.17. The number of aryl methyl sites for hydroxylation is 2. The maximum absolute atomic E-state index is 12.1. The fraction of sp³-hybridized carbons (Fsp3) is 0.636. The van der Waals surface area contributed by atoms with E-state index in [1.807, 2.05) is 6.92 Å². The van der Waals surface area contributed by atoms with Crippen LogP contribution in [0, 0.1) is 19.8 Å². The summed E-state index contributed by atoms with van der Waals surface area (Å²) in [5.41, 5.74) is 0.899. The van der Waals surface area contributed by atoms with Crippen molar-refractivity contribution < 1.29 is 13.2 Å². The zero-order valence-corrected chi connectivity index (χ0v) is 12.1. The normalized spacial score (nSPS) is 13.4. The van der Waals surface area contributed by atoms with Gasteiger partial charge in [-0.1, -0.05) is 13.8 Å². The number of carbonyl (C=O) groups is 1. The van der Waals surface area contributed by atoms with Gasteiger partial charge in [-0.05, 0) is 20.3 Å². The molecule has 0 fully saturated rings. The minimum absolute atomic E-state index is 0.0849. The molecule has 18 heavy (non-hydrogen) atoms. The first-order valence-electron chi connectivity index (χ1n) is 5.77. The summed E-state index contributed by atoms with van der Waals surface area (Å²) in [6.07, 6.45) is 0.590. The van der Waals surface area contributed by atoms with Crippen LogP contribution in [-0.2, 0) is 21.9 Å². The molecule has 1 aromatic rings. The summed E-state index contributed by atoms with van der Waals surface area (Å²) in [5.74, 6) is -0.822. The van der Waals surface area contributed by atoms with Crippen LogP contribution in [0.5, 0.6) is 0 Å². The molecule has 0 aliphatic rings.